The Morgan fingerprint density at radius 2 is 1.69 bits per heavy atom. The molecule has 0 radical (unpaired) electrons. The van der Waals surface area contributed by atoms with Crippen LogP contribution in [0, 0.1) is 17.5 Å². The van der Waals surface area contributed by atoms with Crippen molar-refractivity contribution in [3.63, 3.8) is 0 Å². The van der Waals surface area contributed by atoms with Crippen molar-refractivity contribution in [3.05, 3.63) is 65.5 Å². The van der Waals surface area contributed by atoms with Crippen LogP contribution < -0.4 is 0 Å². The summed E-state index contributed by atoms with van der Waals surface area (Å²) in [7, 11) is 3.78. The number of hydrogen-bond donors (Lipinski definition) is 0. The minimum absolute atomic E-state index is 0.0625. The van der Waals surface area contributed by atoms with Gasteiger partial charge < -0.3 is 9.80 Å². The first-order valence-corrected chi connectivity index (χ1v) is 9.09. The summed E-state index contributed by atoms with van der Waals surface area (Å²) in [6.07, 6.45) is 0. The molecular weight excluding hydrogens is 361 g/mol. The van der Waals surface area contributed by atoms with Crippen molar-refractivity contribution in [1.82, 2.24) is 9.80 Å². The third kappa shape index (κ3) is 6.07. The fourth-order valence-electron chi connectivity index (χ4n) is 2.25. The summed E-state index contributed by atoms with van der Waals surface area (Å²) in [6, 6.07) is 9.86. The molecule has 0 saturated carbocycles. The van der Waals surface area contributed by atoms with Gasteiger partial charge in [-0.25, -0.2) is 13.2 Å². The van der Waals surface area contributed by atoms with Crippen LogP contribution >= 0.6 is 11.8 Å². The summed E-state index contributed by atoms with van der Waals surface area (Å²) in [6.45, 7) is 1.24. The van der Waals surface area contributed by atoms with Crippen LogP contribution in [0.2, 0.25) is 0 Å². The van der Waals surface area contributed by atoms with Gasteiger partial charge in [-0.05, 0) is 38.4 Å². The van der Waals surface area contributed by atoms with Gasteiger partial charge in [0.05, 0.1) is 5.75 Å². The van der Waals surface area contributed by atoms with Crippen molar-refractivity contribution in [2.75, 3.05) is 32.9 Å². The predicted octanol–water partition coefficient (Wildman–Crippen LogP) is 3.79. The lowest BCUT2D eigenvalue weighted by Gasteiger charge is -2.24. The van der Waals surface area contributed by atoms with Crippen LogP contribution in [0.1, 0.15) is 5.56 Å². The van der Waals surface area contributed by atoms with Crippen molar-refractivity contribution >= 4 is 17.7 Å². The van der Waals surface area contributed by atoms with E-state index in [-0.39, 0.29) is 24.0 Å². The zero-order valence-corrected chi connectivity index (χ0v) is 15.5. The number of halogens is 3. The van der Waals surface area contributed by atoms with Crippen LogP contribution in [0.15, 0.2) is 47.4 Å². The maximum Gasteiger partial charge on any atom is 0.233 e. The lowest BCUT2D eigenvalue weighted by Crippen LogP contribution is -2.37. The van der Waals surface area contributed by atoms with Gasteiger partial charge in [0.1, 0.15) is 5.82 Å². The van der Waals surface area contributed by atoms with Gasteiger partial charge in [-0.15, -0.1) is 11.8 Å². The monoisotopic (exact) mass is 382 g/mol. The number of carbonyl (C=O) groups excluding carboxylic acids is 1. The van der Waals surface area contributed by atoms with Gasteiger partial charge in [0, 0.05) is 30.1 Å². The van der Waals surface area contributed by atoms with E-state index in [2.05, 4.69) is 0 Å². The molecule has 0 spiro atoms. The Bertz CT molecular complexity index is 755. The molecule has 2 rings (SSSR count). The molecule has 0 atom stereocenters. The predicted molar refractivity (Wildman–Crippen MR) is 97.5 cm³/mol. The normalized spacial score (nSPS) is 11.0. The molecule has 0 bridgehead atoms. The highest BCUT2D eigenvalue weighted by atomic mass is 32.2. The minimum Gasteiger partial charge on any atom is -0.336 e. The maximum atomic E-state index is 13.9. The lowest BCUT2D eigenvalue weighted by molar-refractivity contribution is -0.129. The number of thioether (sulfide) groups is 1. The Morgan fingerprint density at radius 1 is 0.962 bits per heavy atom. The largest absolute Gasteiger partial charge is 0.336 e. The first-order chi connectivity index (χ1) is 12.4. The van der Waals surface area contributed by atoms with Gasteiger partial charge >= 0.3 is 0 Å². The van der Waals surface area contributed by atoms with E-state index in [1.165, 1.54) is 12.1 Å². The smallest absolute Gasteiger partial charge is 0.233 e. The average molecular weight is 382 g/mol. The topological polar surface area (TPSA) is 23.6 Å². The van der Waals surface area contributed by atoms with Crippen LogP contribution in [0.4, 0.5) is 13.2 Å². The Labute approximate surface area is 155 Å². The number of hydrogen-bond acceptors (Lipinski definition) is 3. The van der Waals surface area contributed by atoms with Crippen molar-refractivity contribution in [2.24, 2.45) is 0 Å². The zero-order chi connectivity index (χ0) is 19.1. The number of benzene rings is 2. The summed E-state index contributed by atoms with van der Waals surface area (Å²) >= 11 is 1.12. The molecule has 26 heavy (non-hydrogen) atoms. The third-order valence-corrected chi connectivity index (χ3v) is 4.72. The van der Waals surface area contributed by atoms with Crippen LogP contribution in [-0.4, -0.2) is 48.6 Å². The molecule has 0 aliphatic rings. The molecule has 0 fully saturated rings. The van der Waals surface area contributed by atoms with E-state index in [0.29, 0.717) is 23.5 Å². The number of amides is 1. The summed E-state index contributed by atoms with van der Waals surface area (Å²) in [5.41, 5.74) is 0.442. The number of rotatable bonds is 8. The van der Waals surface area contributed by atoms with Crippen LogP contribution in [0.25, 0.3) is 0 Å². The van der Waals surface area contributed by atoms with Gasteiger partial charge in [0.25, 0.3) is 0 Å². The molecule has 0 aliphatic carbocycles. The van der Waals surface area contributed by atoms with E-state index in [9.17, 15) is 18.0 Å². The van der Waals surface area contributed by atoms with Crippen molar-refractivity contribution < 1.29 is 18.0 Å². The second-order valence-corrected chi connectivity index (χ2v) is 7.12. The van der Waals surface area contributed by atoms with Gasteiger partial charge in [0.15, 0.2) is 11.6 Å². The van der Waals surface area contributed by atoms with Gasteiger partial charge in [-0.1, -0.05) is 18.2 Å². The molecule has 0 aromatic heterocycles. The average Bonchev–Trinajstić information content (AvgIpc) is 2.60. The van der Waals surface area contributed by atoms with Crippen molar-refractivity contribution in [3.8, 4) is 0 Å². The summed E-state index contributed by atoms with van der Waals surface area (Å²) < 4.78 is 40.2. The molecule has 0 N–H and O–H groups in total. The number of likely N-dealkylation sites (N-methyl/N-ethyl adjacent to an activating group) is 1. The molecule has 0 aliphatic heterocycles. The maximum absolute atomic E-state index is 13.9. The second kappa shape index (κ2) is 9.64. The highest BCUT2D eigenvalue weighted by molar-refractivity contribution is 8.00. The Morgan fingerprint density at radius 3 is 2.35 bits per heavy atom. The quantitative estimate of drug-likeness (QED) is 0.649. The first-order valence-electron chi connectivity index (χ1n) is 8.10. The number of nitrogens with zero attached hydrogens (tertiary/aromatic N) is 2. The summed E-state index contributed by atoms with van der Waals surface area (Å²) in [4.78, 5) is 16.6. The third-order valence-electron chi connectivity index (χ3n) is 3.74. The van der Waals surface area contributed by atoms with E-state index in [4.69, 9.17) is 0 Å². The molecule has 140 valence electrons. The van der Waals surface area contributed by atoms with Gasteiger partial charge in [-0.3, -0.25) is 4.79 Å². The lowest BCUT2D eigenvalue weighted by atomic mass is 10.2. The molecule has 2 aromatic rings. The molecular formula is C19H21F3N2OS. The van der Waals surface area contributed by atoms with Gasteiger partial charge in [-0.2, -0.15) is 0 Å². The molecule has 7 heteroatoms. The van der Waals surface area contributed by atoms with Crippen molar-refractivity contribution in [1.29, 1.82) is 0 Å². The summed E-state index contributed by atoms with van der Waals surface area (Å²) in [5, 5.41) is 0. The fourth-order valence-corrected chi connectivity index (χ4v) is 3.07. The van der Waals surface area contributed by atoms with E-state index in [0.717, 1.165) is 23.9 Å². The highest BCUT2D eigenvalue weighted by Crippen LogP contribution is 2.21. The van der Waals surface area contributed by atoms with E-state index in [1.807, 2.05) is 19.0 Å². The molecule has 0 unspecified atom stereocenters. The molecule has 1 amide bonds. The van der Waals surface area contributed by atoms with E-state index < -0.39 is 11.6 Å². The Hall–Kier alpha value is -1.99. The fraction of sp³-hybridized carbons (Fsp3) is 0.316. The van der Waals surface area contributed by atoms with Crippen LogP contribution in [0.3, 0.4) is 0 Å². The highest BCUT2D eigenvalue weighted by Gasteiger charge is 2.16. The van der Waals surface area contributed by atoms with Crippen LogP contribution in [-0.2, 0) is 11.3 Å². The standard InChI is InChI=1S/C19H21F3N2OS/c1-23(2)9-10-24(12-14-5-3-4-6-16(14)20)19(25)13-26-15-7-8-17(21)18(22)11-15/h3-8,11H,9-10,12-13H2,1-2H3. The Balaban J connectivity index is 2.04. The minimum atomic E-state index is -0.946. The molecule has 0 heterocycles. The molecule has 2 aromatic carbocycles. The van der Waals surface area contributed by atoms with E-state index >= 15 is 0 Å². The molecule has 0 saturated heterocycles. The van der Waals surface area contributed by atoms with E-state index in [1.54, 1.807) is 23.1 Å². The zero-order valence-electron chi connectivity index (χ0n) is 14.7. The second-order valence-electron chi connectivity index (χ2n) is 6.07. The summed E-state index contributed by atoms with van der Waals surface area (Å²) in [5.74, 6) is -2.35. The Kier molecular flexibility index (Phi) is 7.53. The van der Waals surface area contributed by atoms with Crippen LogP contribution in [0.5, 0.6) is 0 Å². The SMILES string of the molecule is CN(C)CCN(Cc1ccccc1F)C(=O)CSc1ccc(F)c(F)c1. The van der Waals surface area contributed by atoms with Crippen molar-refractivity contribution in [2.45, 2.75) is 11.4 Å². The van der Waals surface area contributed by atoms with Gasteiger partial charge in [0.2, 0.25) is 5.91 Å². The first kappa shape index (κ1) is 20.3. The number of carbonyl (C=O) groups is 1. The molecule has 3 nitrogen and oxygen atoms in total.